The Bertz CT molecular complexity index is 149. The van der Waals surface area contributed by atoms with Crippen molar-refractivity contribution in [3.05, 3.63) is 0 Å². The molecule has 0 spiro atoms. The number of ether oxygens (including phenoxy) is 1. The van der Waals surface area contributed by atoms with Crippen LogP contribution >= 0.6 is 8.81 Å². The van der Waals surface area contributed by atoms with Gasteiger partial charge in [0.25, 0.3) is 0 Å². The minimum atomic E-state index is -1.07. The molecule has 2 unspecified atom stereocenters. The first-order chi connectivity index (χ1) is 5.70. The van der Waals surface area contributed by atoms with Crippen molar-refractivity contribution in [1.82, 2.24) is 0 Å². The zero-order valence-electron chi connectivity index (χ0n) is 7.29. The van der Waals surface area contributed by atoms with Gasteiger partial charge in [-0.25, -0.2) is 4.39 Å². The molecule has 5 atom stereocenters. The molecule has 5 heteroatoms. The summed E-state index contributed by atoms with van der Waals surface area (Å²) in [6.45, 7) is 3.72. The molecule has 1 fully saturated rings. The molecule has 1 aliphatic heterocycles. The lowest BCUT2D eigenvalue weighted by Gasteiger charge is -2.15. The zero-order chi connectivity index (χ0) is 9.14. The van der Waals surface area contributed by atoms with Crippen LogP contribution in [0.1, 0.15) is 13.3 Å². The van der Waals surface area contributed by atoms with Crippen LogP contribution in [-0.2, 0) is 9.26 Å². The lowest BCUT2D eigenvalue weighted by Crippen LogP contribution is -2.30. The standard InChI is InChI=1S/C7H13BFO2P/c1-3-4-5(9)6(11-12-2)7(8)10-4/h4-7,12H,3H2,1-2H3/t4-,5-,6?,7-/m1/s1. The molecule has 2 nitrogen and oxygen atoms in total. The van der Waals surface area contributed by atoms with E-state index in [9.17, 15) is 4.39 Å². The Kier molecular flexibility index (Phi) is 3.95. The third-order valence-electron chi connectivity index (χ3n) is 1.98. The Balaban J connectivity index is 2.51. The zero-order valence-corrected chi connectivity index (χ0v) is 8.29. The van der Waals surface area contributed by atoms with E-state index in [4.69, 9.17) is 17.1 Å². The molecule has 0 amide bonds. The third-order valence-corrected chi connectivity index (χ3v) is 2.49. The molecule has 0 aromatic rings. The molecule has 1 heterocycles. The Hall–Kier alpha value is 0.345. The summed E-state index contributed by atoms with van der Waals surface area (Å²) >= 11 is 0. The molecular weight excluding hydrogens is 177 g/mol. The van der Waals surface area contributed by atoms with Gasteiger partial charge < -0.3 is 9.26 Å². The minimum Gasteiger partial charge on any atom is -0.379 e. The molecule has 0 bridgehead atoms. The second kappa shape index (κ2) is 4.54. The van der Waals surface area contributed by atoms with Crippen molar-refractivity contribution in [3.63, 3.8) is 0 Å². The van der Waals surface area contributed by atoms with Gasteiger partial charge in [0.15, 0.2) is 6.17 Å². The summed E-state index contributed by atoms with van der Waals surface area (Å²) in [5.74, 6) is 0. The fourth-order valence-electron chi connectivity index (χ4n) is 1.34. The molecule has 0 aromatic carbocycles. The Morgan fingerprint density at radius 1 is 1.67 bits per heavy atom. The summed E-state index contributed by atoms with van der Waals surface area (Å²) in [5, 5.41) is 0. The fourth-order valence-corrected chi connectivity index (χ4v) is 1.87. The average Bonchev–Trinajstić information content (AvgIpc) is 2.32. The van der Waals surface area contributed by atoms with Gasteiger partial charge in [0.05, 0.1) is 6.10 Å². The van der Waals surface area contributed by atoms with Crippen LogP contribution in [0.4, 0.5) is 4.39 Å². The van der Waals surface area contributed by atoms with Crippen molar-refractivity contribution in [2.24, 2.45) is 0 Å². The second-order valence-corrected chi connectivity index (χ2v) is 3.42. The van der Waals surface area contributed by atoms with Crippen LogP contribution in [0, 0.1) is 0 Å². The molecule has 68 valence electrons. The summed E-state index contributed by atoms with van der Waals surface area (Å²) in [6, 6.07) is -0.600. The van der Waals surface area contributed by atoms with Crippen LogP contribution in [0.15, 0.2) is 0 Å². The third kappa shape index (κ3) is 1.98. The van der Waals surface area contributed by atoms with E-state index in [0.29, 0.717) is 6.42 Å². The van der Waals surface area contributed by atoms with E-state index in [1.807, 2.05) is 13.6 Å². The maximum Gasteiger partial charge on any atom is 0.154 e. The van der Waals surface area contributed by atoms with Crippen molar-refractivity contribution < 1.29 is 13.7 Å². The van der Waals surface area contributed by atoms with E-state index in [0.717, 1.165) is 0 Å². The van der Waals surface area contributed by atoms with Crippen LogP contribution in [0.5, 0.6) is 0 Å². The van der Waals surface area contributed by atoms with Crippen LogP contribution in [0.25, 0.3) is 0 Å². The maximum absolute atomic E-state index is 13.4. The highest BCUT2D eigenvalue weighted by molar-refractivity contribution is 7.31. The first-order valence-corrected chi connectivity index (χ1v) is 5.49. The van der Waals surface area contributed by atoms with Crippen LogP contribution in [0.2, 0.25) is 0 Å². The number of rotatable bonds is 3. The average molecular weight is 190 g/mol. The van der Waals surface area contributed by atoms with Gasteiger partial charge in [-0.15, -0.1) is 0 Å². The Labute approximate surface area is 75.5 Å². The van der Waals surface area contributed by atoms with Crippen molar-refractivity contribution in [2.75, 3.05) is 6.66 Å². The summed E-state index contributed by atoms with van der Waals surface area (Å²) in [7, 11) is 5.79. The first kappa shape index (κ1) is 10.4. The molecule has 0 aromatic heterocycles. The predicted octanol–water partition coefficient (Wildman–Crippen LogP) is 1.24. The van der Waals surface area contributed by atoms with E-state index in [2.05, 4.69) is 0 Å². The summed E-state index contributed by atoms with van der Waals surface area (Å²) in [6.07, 6.45) is -1.39. The van der Waals surface area contributed by atoms with Gasteiger partial charge in [-0.2, -0.15) is 0 Å². The molecule has 0 saturated carbocycles. The van der Waals surface area contributed by atoms with Crippen molar-refractivity contribution in [3.8, 4) is 0 Å². The molecule has 2 radical (unpaired) electrons. The predicted molar refractivity (Wildman–Crippen MR) is 48.7 cm³/mol. The number of halogens is 1. The number of hydrogen-bond acceptors (Lipinski definition) is 2. The lowest BCUT2D eigenvalue weighted by atomic mass is 9.93. The van der Waals surface area contributed by atoms with E-state index < -0.39 is 18.3 Å². The molecule has 1 saturated heterocycles. The Morgan fingerprint density at radius 2 is 2.33 bits per heavy atom. The van der Waals surface area contributed by atoms with E-state index in [-0.39, 0.29) is 14.9 Å². The second-order valence-electron chi connectivity index (χ2n) is 2.78. The van der Waals surface area contributed by atoms with Gasteiger partial charge in [-0.3, -0.25) is 0 Å². The van der Waals surface area contributed by atoms with Crippen LogP contribution in [0.3, 0.4) is 0 Å². The van der Waals surface area contributed by atoms with E-state index in [1.54, 1.807) is 0 Å². The highest BCUT2D eigenvalue weighted by Crippen LogP contribution is 2.30. The summed E-state index contributed by atoms with van der Waals surface area (Å²) in [5.41, 5.74) is 0. The van der Waals surface area contributed by atoms with Gasteiger partial charge in [0.2, 0.25) is 0 Å². The van der Waals surface area contributed by atoms with Crippen molar-refractivity contribution >= 4 is 16.7 Å². The minimum absolute atomic E-state index is 0.255. The lowest BCUT2D eigenvalue weighted by molar-refractivity contribution is 0.0574. The summed E-state index contributed by atoms with van der Waals surface area (Å²) < 4.78 is 23.7. The van der Waals surface area contributed by atoms with E-state index in [1.165, 1.54) is 0 Å². The Morgan fingerprint density at radius 3 is 2.75 bits per heavy atom. The van der Waals surface area contributed by atoms with Gasteiger partial charge in [0, 0.05) is 14.8 Å². The van der Waals surface area contributed by atoms with Gasteiger partial charge >= 0.3 is 0 Å². The highest BCUT2D eigenvalue weighted by atomic mass is 31.1. The molecule has 1 rings (SSSR count). The van der Waals surface area contributed by atoms with Crippen molar-refractivity contribution in [2.45, 2.75) is 37.7 Å². The molecular formula is C7H13BFO2P. The van der Waals surface area contributed by atoms with Gasteiger partial charge in [-0.05, 0) is 13.1 Å². The monoisotopic (exact) mass is 190 g/mol. The SMILES string of the molecule is [B][C@@H]1O[C@H](CC)[C@@H](F)C1OPC. The van der Waals surface area contributed by atoms with Crippen LogP contribution < -0.4 is 0 Å². The highest BCUT2D eigenvalue weighted by Gasteiger charge is 2.41. The number of hydrogen-bond donors (Lipinski definition) is 0. The normalized spacial score (nSPS) is 42.9. The van der Waals surface area contributed by atoms with Crippen LogP contribution in [-0.4, -0.2) is 38.9 Å². The van der Waals surface area contributed by atoms with Gasteiger partial charge in [0.1, 0.15) is 14.0 Å². The molecule has 12 heavy (non-hydrogen) atoms. The number of alkyl halides is 1. The van der Waals surface area contributed by atoms with E-state index >= 15 is 0 Å². The smallest absolute Gasteiger partial charge is 0.154 e. The quantitative estimate of drug-likeness (QED) is 0.492. The molecule has 0 N–H and O–H groups in total. The van der Waals surface area contributed by atoms with Gasteiger partial charge in [-0.1, -0.05) is 6.92 Å². The van der Waals surface area contributed by atoms with Crippen molar-refractivity contribution in [1.29, 1.82) is 0 Å². The molecule has 0 aliphatic carbocycles. The summed E-state index contributed by atoms with van der Waals surface area (Å²) in [4.78, 5) is 0. The topological polar surface area (TPSA) is 18.5 Å². The largest absolute Gasteiger partial charge is 0.379 e. The molecule has 1 aliphatic rings. The fraction of sp³-hybridized carbons (Fsp3) is 1.00. The first-order valence-electron chi connectivity index (χ1n) is 4.08. The maximum atomic E-state index is 13.4.